The summed E-state index contributed by atoms with van der Waals surface area (Å²) >= 11 is 3.62. The third-order valence-electron chi connectivity index (χ3n) is 2.66. The van der Waals surface area contributed by atoms with Crippen molar-refractivity contribution in [2.75, 3.05) is 20.3 Å². The molecule has 0 N–H and O–H groups in total. The molecule has 1 aliphatic carbocycles. The van der Waals surface area contributed by atoms with Crippen LogP contribution in [0.2, 0.25) is 0 Å². The van der Waals surface area contributed by atoms with Crippen LogP contribution in [-0.2, 0) is 9.47 Å². The van der Waals surface area contributed by atoms with Crippen LogP contribution < -0.4 is 0 Å². The number of methoxy groups -OCH3 is 1. The van der Waals surface area contributed by atoms with Gasteiger partial charge in [0.2, 0.25) is 0 Å². The first-order valence-corrected chi connectivity index (χ1v) is 5.25. The van der Waals surface area contributed by atoms with Crippen LogP contribution in [0.4, 0.5) is 0 Å². The summed E-state index contributed by atoms with van der Waals surface area (Å²) in [5.41, 5.74) is 0.285. The summed E-state index contributed by atoms with van der Waals surface area (Å²) in [6.07, 6.45) is 1.52. The van der Waals surface area contributed by atoms with Gasteiger partial charge in [-0.25, -0.2) is 0 Å². The summed E-state index contributed by atoms with van der Waals surface area (Å²) in [6.45, 7) is 5.87. The van der Waals surface area contributed by atoms with E-state index in [0.29, 0.717) is 24.1 Å². The summed E-state index contributed by atoms with van der Waals surface area (Å²) in [5, 5.41) is 0. The molecule has 3 heteroatoms. The Morgan fingerprint density at radius 3 is 2.50 bits per heavy atom. The van der Waals surface area contributed by atoms with Gasteiger partial charge in [-0.1, -0.05) is 29.8 Å². The van der Waals surface area contributed by atoms with Gasteiger partial charge in [-0.15, -0.1) is 0 Å². The van der Waals surface area contributed by atoms with Crippen LogP contribution in [0.25, 0.3) is 0 Å². The van der Waals surface area contributed by atoms with E-state index in [-0.39, 0.29) is 5.41 Å². The Labute approximate surface area is 82.7 Å². The Hall–Kier alpha value is 0.400. The number of halogens is 1. The zero-order chi connectivity index (χ0) is 9.19. The van der Waals surface area contributed by atoms with Crippen molar-refractivity contribution in [1.82, 2.24) is 0 Å². The first kappa shape index (κ1) is 10.5. The van der Waals surface area contributed by atoms with Crippen LogP contribution in [-0.4, -0.2) is 31.3 Å². The zero-order valence-electron chi connectivity index (χ0n) is 7.97. The molecule has 0 aromatic carbocycles. The van der Waals surface area contributed by atoms with Crippen LogP contribution >= 0.6 is 15.9 Å². The van der Waals surface area contributed by atoms with Gasteiger partial charge in [0.15, 0.2) is 0 Å². The van der Waals surface area contributed by atoms with Crippen LogP contribution in [0.3, 0.4) is 0 Å². The Morgan fingerprint density at radius 2 is 2.08 bits per heavy atom. The molecule has 72 valence electrons. The third-order valence-corrected chi connectivity index (χ3v) is 4.22. The van der Waals surface area contributed by atoms with E-state index in [9.17, 15) is 0 Å². The van der Waals surface area contributed by atoms with Gasteiger partial charge in [0.1, 0.15) is 0 Å². The molecule has 2 unspecified atom stereocenters. The predicted molar refractivity (Wildman–Crippen MR) is 52.7 cm³/mol. The Morgan fingerprint density at radius 1 is 1.42 bits per heavy atom. The largest absolute Gasteiger partial charge is 0.382 e. The van der Waals surface area contributed by atoms with E-state index in [1.807, 2.05) is 0 Å². The smallest absolute Gasteiger partial charge is 0.0704 e. The van der Waals surface area contributed by atoms with Crippen LogP contribution in [0.5, 0.6) is 0 Å². The SMILES string of the molecule is COCCOC1CC(Br)C1(C)C. The number of hydrogen-bond donors (Lipinski definition) is 0. The average Bonchev–Trinajstić information content (AvgIpc) is 2.04. The van der Waals surface area contributed by atoms with Gasteiger partial charge < -0.3 is 9.47 Å². The van der Waals surface area contributed by atoms with Gasteiger partial charge in [0.05, 0.1) is 19.3 Å². The quantitative estimate of drug-likeness (QED) is 0.551. The molecule has 2 atom stereocenters. The molecule has 0 aliphatic heterocycles. The van der Waals surface area contributed by atoms with Gasteiger partial charge >= 0.3 is 0 Å². The molecule has 0 aromatic heterocycles. The lowest BCUT2D eigenvalue weighted by molar-refractivity contribution is -0.0953. The number of ether oxygens (including phenoxy) is 2. The van der Waals surface area contributed by atoms with Gasteiger partial charge in [-0.05, 0) is 6.42 Å². The highest BCUT2D eigenvalue weighted by Gasteiger charge is 2.47. The monoisotopic (exact) mass is 236 g/mol. The zero-order valence-corrected chi connectivity index (χ0v) is 9.56. The molecule has 0 spiro atoms. The molecule has 1 rings (SSSR count). The Bertz CT molecular complexity index is 147. The maximum atomic E-state index is 5.65. The highest BCUT2D eigenvalue weighted by Crippen LogP contribution is 2.47. The fraction of sp³-hybridized carbons (Fsp3) is 1.00. The minimum Gasteiger partial charge on any atom is -0.382 e. The summed E-state index contributed by atoms with van der Waals surface area (Å²) in [4.78, 5) is 0.609. The molecule has 0 aromatic rings. The fourth-order valence-corrected chi connectivity index (χ4v) is 2.03. The van der Waals surface area contributed by atoms with Crippen molar-refractivity contribution < 1.29 is 9.47 Å². The van der Waals surface area contributed by atoms with Crippen molar-refractivity contribution in [2.24, 2.45) is 5.41 Å². The highest BCUT2D eigenvalue weighted by atomic mass is 79.9. The lowest BCUT2D eigenvalue weighted by Gasteiger charge is -2.48. The van der Waals surface area contributed by atoms with E-state index in [2.05, 4.69) is 29.8 Å². The maximum Gasteiger partial charge on any atom is 0.0704 e. The average molecular weight is 237 g/mol. The molecular formula is C9H17BrO2. The fourth-order valence-electron chi connectivity index (χ4n) is 1.39. The van der Waals surface area contributed by atoms with Crippen LogP contribution in [0.15, 0.2) is 0 Å². The second-order valence-corrected chi connectivity index (χ2v) is 4.98. The second kappa shape index (κ2) is 4.07. The van der Waals surface area contributed by atoms with Crippen molar-refractivity contribution in [3.8, 4) is 0 Å². The highest BCUT2D eigenvalue weighted by molar-refractivity contribution is 9.09. The summed E-state index contributed by atoms with van der Waals surface area (Å²) in [5.74, 6) is 0. The topological polar surface area (TPSA) is 18.5 Å². The molecule has 1 aliphatic rings. The first-order valence-electron chi connectivity index (χ1n) is 4.33. The molecule has 12 heavy (non-hydrogen) atoms. The molecule has 0 radical (unpaired) electrons. The minimum atomic E-state index is 0.285. The molecular weight excluding hydrogens is 220 g/mol. The van der Waals surface area contributed by atoms with Crippen molar-refractivity contribution in [2.45, 2.75) is 31.2 Å². The Balaban J connectivity index is 2.19. The van der Waals surface area contributed by atoms with Crippen LogP contribution in [0, 0.1) is 5.41 Å². The molecule has 0 amide bonds. The van der Waals surface area contributed by atoms with Crippen LogP contribution in [0.1, 0.15) is 20.3 Å². The first-order chi connectivity index (χ1) is 5.59. The standard InChI is InChI=1S/C9H17BrO2/c1-9(2)7(10)6-8(9)12-5-4-11-3/h7-8H,4-6H2,1-3H3. The van der Waals surface area contributed by atoms with Gasteiger partial charge in [-0.3, -0.25) is 0 Å². The third kappa shape index (κ3) is 2.01. The van der Waals surface area contributed by atoms with Crippen molar-refractivity contribution in [3.63, 3.8) is 0 Å². The molecule has 0 bridgehead atoms. The van der Waals surface area contributed by atoms with E-state index in [4.69, 9.17) is 9.47 Å². The lowest BCUT2D eigenvalue weighted by atomic mass is 9.69. The molecule has 1 fully saturated rings. The summed E-state index contributed by atoms with van der Waals surface area (Å²) in [6, 6.07) is 0. The second-order valence-electron chi connectivity index (χ2n) is 3.88. The lowest BCUT2D eigenvalue weighted by Crippen LogP contribution is -2.51. The van der Waals surface area contributed by atoms with Crippen molar-refractivity contribution in [1.29, 1.82) is 0 Å². The van der Waals surface area contributed by atoms with Gasteiger partial charge in [-0.2, -0.15) is 0 Å². The molecule has 2 nitrogen and oxygen atoms in total. The van der Waals surface area contributed by atoms with Crippen molar-refractivity contribution >= 4 is 15.9 Å². The van der Waals surface area contributed by atoms with Crippen molar-refractivity contribution in [3.05, 3.63) is 0 Å². The van der Waals surface area contributed by atoms with Gasteiger partial charge in [0, 0.05) is 17.4 Å². The molecule has 0 heterocycles. The van der Waals surface area contributed by atoms with E-state index in [1.165, 1.54) is 0 Å². The minimum absolute atomic E-state index is 0.285. The number of alkyl halides is 1. The Kier molecular flexibility index (Phi) is 3.56. The van der Waals surface area contributed by atoms with E-state index < -0.39 is 0 Å². The maximum absolute atomic E-state index is 5.65. The molecule has 1 saturated carbocycles. The number of rotatable bonds is 4. The predicted octanol–water partition coefficient (Wildman–Crippen LogP) is 2.21. The summed E-state index contributed by atoms with van der Waals surface area (Å²) in [7, 11) is 1.70. The van der Waals surface area contributed by atoms with Gasteiger partial charge in [0.25, 0.3) is 0 Å². The van der Waals surface area contributed by atoms with E-state index in [0.717, 1.165) is 6.42 Å². The van der Waals surface area contributed by atoms with E-state index in [1.54, 1.807) is 7.11 Å². The molecule has 0 saturated heterocycles. The summed E-state index contributed by atoms with van der Waals surface area (Å²) < 4.78 is 10.6. The number of hydrogen-bond acceptors (Lipinski definition) is 2. The van der Waals surface area contributed by atoms with E-state index >= 15 is 0 Å². The normalized spacial score (nSPS) is 33.0.